The van der Waals surface area contributed by atoms with Crippen molar-refractivity contribution in [1.29, 1.82) is 0 Å². The van der Waals surface area contributed by atoms with Crippen molar-refractivity contribution >= 4 is 62.6 Å². The van der Waals surface area contributed by atoms with Crippen LogP contribution in [0.1, 0.15) is 80.2 Å². The van der Waals surface area contributed by atoms with E-state index in [4.69, 9.17) is 37.5 Å². The Bertz CT molecular complexity index is 2720. The van der Waals surface area contributed by atoms with E-state index < -0.39 is 5.97 Å². The number of hydrogen-bond donors (Lipinski definition) is 1. The lowest BCUT2D eigenvalue weighted by atomic mass is 9.98. The maximum atomic E-state index is 15.3. The van der Waals surface area contributed by atoms with Crippen molar-refractivity contribution in [3.05, 3.63) is 110 Å². The Labute approximate surface area is 333 Å². The van der Waals surface area contributed by atoms with Gasteiger partial charge in [0.05, 0.1) is 34.0 Å². The standard InChI is InChI=1S/C42H41Cl2N7O5/c1-21-16-28(17-22(2)37(21)44)55-15-9-11-29-30-13-14-31(43)36(35-24(4)47-48(7)25(35)5)39(30)51-23(3)19-50(41(52)40(29)51)32-12-8-10-27-18-33(42(53)54)49(38(27)32)20-34-46-45-26(6)56-34/h8,10,12-14,16-18,23H,9,11,15,19-20H2,1-7H3,(H,53,54)/t23-/m1/s1. The van der Waals surface area contributed by atoms with E-state index in [0.29, 0.717) is 59.2 Å². The Morgan fingerprint density at radius 2 is 1.75 bits per heavy atom. The van der Waals surface area contributed by atoms with Gasteiger partial charge in [0, 0.05) is 59.2 Å². The summed E-state index contributed by atoms with van der Waals surface area (Å²) in [5.41, 5.74) is 9.02. The molecule has 0 fully saturated rings. The lowest BCUT2D eigenvalue weighted by Gasteiger charge is -2.35. The van der Waals surface area contributed by atoms with E-state index in [1.165, 1.54) is 0 Å². The van der Waals surface area contributed by atoms with Crippen LogP contribution in [0, 0.1) is 34.6 Å². The van der Waals surface area contributed by atoms with Crippen molar-refractivity contribution in [2.45, 2.75) is 67.0 Å². The number of carboxylic acids is 1. The van der Waals surface area contributed by atoms with E-state index in [0.717, 1.165) is 60.9 Å². The summed E-state index contributed by atoms with van der Waals surface area (Å²) >= 11 is 13.5. The molecular weight excluding hydrogens is 753 g/mol. The van der Waals surface area contributed by atoms with Crippen molar-refractivity contribution in [3.63, 3.8) is 0 Å². The van der Waals surface area contributed by atoms with Gasteiger partial charge >= 0.3 is 5.97 Å². The van der Waals surface area contributed by atoms with Crippen molar-refractivity contribution in [2.24, 2.45) is 7.05 Å². The molecule has 288 valence electrons. The number of hydrogen-bond acceptors (Lipinski definition) is 7. The summed E-state index contributed by atoms with van der Waals surface area (Å²) in [6, 6.07) is 14.7. The van der Waals surface area contributed by atoms with Crippen LogP contribution in [0.2, 0.25) is 10.0 Å². The summed E-state index contributed by atoms with van der Waals surface area (Å²) in [4.78, 5) is 29.6. The summed E-state index contributed by atoms with van der Waals surface area (Å²) in [7, 11) is 1.92. The fourth-order valence-corrected chi connectivity index (χ4v) is 8.69. The number of benzene rings is 3. The van der Waals surface area contributed by atoms with Crippen molar-refractivity contribution in [2.75, 3.05) is 18.1 Å². The molecule has 1 atom stereocenters. The highest BCUT2D eigenvalue weighted by molar-refractivity contribution is 6.35. The third-order valence-corrected chi connectivity index (χ3v) is 11.7. The summed E-state index contributed by atoms with van der Waals surface area (Å²) in [5, 5.41) is 26.0. The number of aromatic carboxylic acids is 1. The minimum atomic E-state index is -1.11. The van der Waals surface area contributed by atoms with Gasteiger partial charge in [-0.1, -0.05) is 41.4 Å². The SMILES string of the molecule is Cc1nnc(Cn2c(C(=O)O)cc3cccc(N4C[C@@H](C)n5c(c(CCCOc6cc(C)c(Cl)c(C)c6)c6ccc(Cl)c(-c7c(C)nn(C)c7C)c65)C4=O)c32)o1. The average Bonchev–Trinajstić information content (AvgIpc) is 3.90. The zero-order chi connectivity index (χ0) is 39.7. The van der Waals surface area contributed by atoms with Crippen LogP contribution in [0.5, 0.6) is 5.75 Å². The first-order valence-corrected chi connectivity index (χ1v) is 19.2. The zero-order valence-electron chi connectivity index (χ0n) is 32.2. The first-order chi connectivity index (χ1) is 26.7. The van der Waals surface area contributed by atoms with E-state index in [-0.39, 0.29) is 30.1 Å². The molecule has 1 aliphatic rings. The first kappa shape index (κ1) is 37.3. The maximum Gasteiger partial charge on any atom is 0.352 e. The molecule has 0 aliphatic carbocycles. The van der Waals surface area contributed by atoms with Gasteiger partial charge in [0.1, 0.15) is 23.7 Å². The van der Waals surface area contributed by atoms with Gasteiger partial charge in [-0.05, 0) is 94.5 Å². The molecule has 56 heavy (non-hydrogen) atoms. The normalized spacial score (nSPS) is 14.3. The van der Waals surface area contributed by atoms with E-state index in [2.05, 4.69) is 21.7 Å². The van der Waals surface area contributed by atoms with Crippen LogP contribution in [0.25, 0.3) is 32.9 Å². The zero-order valence-corrected chi connectivity index (χ0v) is 33.7. The summed E-state index contributed by atoms with van der Waals surface area (Å²) in [5.74, 6) is 0.0592. The van der Waals surface area contributed by atoms with E-state index in [1.54, 1.807) is 22.5 Å². The fourth-order valence-electron chi connectivity index (χ4n) is 8.34. The number of carbonyl (C=O) groups is 2. The molecule has 4 aromatic heterocycles. The molecule has 1 aliphatic heterocycles. The minimum Gasteiger partial charge on any atom is -0.494 e. The van der Waals surface area contributed by atoms with Crippen molar-refractivity contribution < 1.29 is 23.8 Å². The quantitative estimate of drug-likeness (QED) is 0.136. The van der Waals surface area contributed by atoms with Crippen LogP contribution >= 0.6 is 23.2 Å². The second-order valence-electron chi connectivity index (χ2n) is 14.6. The Morgan fingerprint density at radius 1 is 1.00 bits per heavy atom. The molecular formula is C42H41Cl2N7O5. The van der Waals surface area contributed by atoms with Crippen LogP contribution in [-0.2, 0) is 20.0 Å². The fraction of sp³-hybridized carbons (Fsp3) is 0.310. The molecule has 0 unspecified atom stereocenters. The predicted molar refractivity (Wildman–Crippen MR) is 217 cm³/mol. The number of rotatable bonds is 10. The van der Waals surface area contributed by atoms with Crippen LogP contribution in [0.15, 0.2) is 52.9 Å². The third kappa shape index (κ3) is 6.11. The number of amides is 1. The molecule has 14 heteroatoms. The number of anilines is 1. The molecule has 0 spiro atoms. The van der Waals surface area contributed by atoms with Gasteiger partial charge in [0.2, 0.25) is 11.8 Å². The molecule has 0 saturated heterocycles. The molecule has 7 aromatic rings. The molecule has 1 amide bonds. The minimum absolute atomic E-state index is 0.0183. The molecule has 0 saturated carbocycles. The Morgan fingerprint density at radius 3 is 2.41 bits per heavy atom. The van der Waals surface area contributed by atoms with Crippen LogP contribution in [-0.4, -0.2) is 59.2 Å². The number of aromatic nitrogens is 6. The summed E-state index contributed by atoms with van der Waals surface area (Å²) in [6.45, 7) is 12.4. The summed E-state index contributed by atoms with van der Waals surface area (Å²) < 4.78 is 17.5. The lowest BCUT2D eigenvalue weighted by Crippen LogP contribution is -2.43. The lowest BCUT2D eigenvalue weighted by molar-refractivity contribution is 0.0685. The first-order valence-electron chi connectivity index (χ1n) is 18.5. The second-order valence-corrected chi connectivity index (χ2v) is 15.4. The average molecular weight is 795 g/mol. The molecule has 5 heterocycles. The Hall–Kier alpha value is -5.59. The number of halogens is 2. The molecule has 0 bridgehead atoms. The van der Waals surface area contributed by atoms with Gasteiger partial charge < -0.3 is 28.3 Å². The van der Waals surface area contributed by atoms with Gasteiger partial charge in [-0.25, -0.2) is 4.79 Å². The topological polar surface area (TPSA) is 133 Å². The van der Waals surface area contributed by atoms with E-state index in [9.17, 15) is 9.90 Å². The van der Waals surface area contributed by atoms with Gasteiger partial charge in [-0.2, -0.15) is 5.10 Å². The number of ether oxygens (including phenoxy) is 1. The van der Waals surface area contributed by atoms with E-state index >= 15 is 4.79 Å². The van der Waals surface area contributed by atoms with Crippen molar-refractivity contribution in [3.8, 4) is 16.9 Å². The summed E-state index contributed by atoms with van der Waals surface area (Å²) in [6.07, 6.45) is 1.17. The van der Waals surface area contributed by atoms with Gasteiger partial charge in [0.15, 0.2) is 0 Å². The van der Waals surface area contributed by atoms with Crippen molar-refractivity contribution in [1.82, 2.24) is 29.1 Å². The molecule has 1 N–H and O–H groups in total. The Kier molecular flexibility index (Phi) is 9.45. The number of aryl methyl sites for hydroxylation is 6. The Balaban J connectivity index is 1.28. The van der Waals surface area contributed by atoms with Gasteiger partial charge in [-0.3, -0.25) is 9.48 Å². The monoisotopic (exact) mass is 793 g/mol. The van der Waals surface area contributed by atoms with E-state index in [1.807, 2.05) is 81.9 Å². The van der Waals surface area contributed by atoms with Crippen LogP contribution in [0.3, 0.4) is 0 Å². The highest BCUT2D eigenvalue weighted by Crippen LogP contribution is 2.46. The third-order valence-electron chi connectivity index (χ3n) is 10.8. The highest BCUT2D eigenvalue weighted by Gasteiger charge is 2.38. The molecule has 12 nitrogen and oxygen atoms in total. The van der Waals surface area contributed by atoms with Crippen LogP contribution < -0.4 is 9.64 Å². The number of nitrogens with zero attached hydrogens (tertiary/aromatic N) is 7. The maximum absolute atomic E-state index is 15.3. The molecule has 8 rings (SSSR count). The largest absolute Gasteiger partial charge is 0.494 e. The van der Waals surface area contributed by atoms with Crippen LogP contribution in [0.4, 0.5) is 5.69 Å². The highest BCUT2D eigenvalue weighted by atomic mass is 35.5. The number of para-hydroxylation sites is 1. The number of carboxylic acid groups (broad SMARTS) is 1. The predicted octanol–water partition coefficient (Wildman–Crippen LogP) is 9.21. The molecule has 0 radical (unpaired) electrons. The molecule has 3 aromatic carbocycles. The number of fused-ring (bicyclic) bond motifs is 4. The van der Waals surface area contributed by atoms with Gasteiger partial charge in [0.25, 0.3) is 5.91 Å². The van der Waals surface area contributed by atoms with Gasteiger partial charge in [-0.15, -0.1) is 10.2 Å². The second kappa shape index (κ2) is 14.2. The smallest absolute Gasteiger partial charge is 0.352 e. The number of carbonyl (C=O) groups excluding carboxylic acids is 1.